The molecule has 100 valence electrons. The lowest BCUT2D eigenvalue weighted by molar-refractivity contribution is -0.174. The van der Waals surface area contributed by atoms with E-state index in [-0.39, 0.29) is 31.1 Å². The molecular formula is C13H18O5. The summed E-state index contributed by atoms with van der Waals surface area (Å²) in [5.41, 5.74) is 1.27. The van der Waals surface area contributed by atoms with E-state index in [9.17, 15) is 4.79 Å². The van der Waals surface area contributed by atoms with E-state index in [1.165, 1.54) is 12.5 Å². The van der Waals surface area contributed by atoms with Crippen LogP contribution in [0.1, 0.15) is 19.8 Å². The zero-order valence-corrected chi connectivity index (χ0v) is 10.6. The standard InChI is InChI=1S/C13H18O5/c1-7(14)16-6-11-8-3-4-10-13(18-10)9(8)5-12(15-2)17-11/h5,8,10-13H,3-4,6H2,1-2H3/t8-,10-,11+,12-,13+/m0/s1. The molecule has 2 heterocycles. The molecule has 0 N–H and O–H groups in total. The maximum atomic E-state index is 10.9. The third-order valence-corrected chi connectivity index (χ3v) is 3.87. The average molecular weight is 254 g/mol. The van der Waals surface area contributed by atoms with Gasteiger partial charge in [-0.25, -0.2) is 0 Å². The van der Waals surface area contributed by atoms with Gasteiger partial charge in [-0.1, -0.05) is 0 Å². The van der Waals surface area contributed by atoms with Crippen molar-refractivity contribution in [2.75, 3.05) is 13.7 Å². The van der Waals surface area contributed by atoms with Crippen LogP contribution in [0.15, 0.2) is 11.6 Å². The smallest absolute Gasteiger partial charge is 0.302 e. The summed E-state index contributed by atoms with van der Waals surface area (Å²) in [4.78, 5) is 10.9. The number of carbonyl (C=O) groups is 1. The molecule has 3 aliphatic rings. The van der Waals surface area contributed by atoms with Crippen LogP contribution < -0.4 is 0 Å². The second kappa shape index (κ2) is 4.64. The molecular weight excluding hydrogens is 236 g/mol. The maximum absolute atomic E-state index is 10.9. The first-order valence-electron chi connectivity index (χ1n) is 6.37. The van der Waals surface area contributed by atoms with Gasteiger partial charge in [0.05, 0.1) is 6.10 Å². The Morgan fingerprint density at radius 1 is 1.44 bits per heavy atom. The first kappa shape index (κ1) is 12.1. The highest BCUT2D eigenvalue weighted by Gasteiger charge is 2.51. The van der Waals surface area contributed by atoms with Crippen molar-refractivity contribution < 1.29 is 23.7 Å². The number of carbonyl (C=O) groups excluding carboxylic acids is 1. The lowest BCUT2D eigenvalue weighted by Gasteiger charge is -2.36. The van der Waals surface area contributed by atoms with Crippen LogP contribution in [0.3, 0.4) is 0 Å². The minimum atomic E-state index is -0.361. The Labute approximate surface area is 106 Å². The van der Waals surface area contributed by atoms with Crippen LogP contribution >= 0.6 is 0 Å². The summed E-state index contributed by atoms with van der Waals surface area (Å²) in [6.45, 7) is 1.70. The van der Waals surface area contributed by atoms with E-state index < -0.39 is 0 Å². The number of rotatable bonds is 3. The summed E-state index contributed by atoms with van der Waals surface area (Å²) in [5.74, 6) is 0.0135. The Hall–Kier alpha value is -0.910. The van der Waals surface area contributed by atoms with Crippen molar-refractivity contribution in [1.82, 2.24) is 0 Å². The van der Waals surface area contributed by atoms with Crippen LogP contribution in [0.4, 0.5) is 0 Å². The number of fused-ring (bicyclic) bond motifs is 3. The predicted octanol–water partition coefficient (Wildman–Crippen LogP) is 1.02. The van der Waals surface area contributed by atoms with Gasteiger partial charge >= 0.3 is 5.97 Å². The summed E-state index contributed by atoms with van der Waals surface area (Å²) in [5, 5.41) is 0. The molecule has 0 radical (unpaired) electrons. The summed E-state index contributed by atoms with van der Waals surface area (Å²) in [7, 11) is 1.61. The number of ether oxygens (including phenoxy) is 4. The van der Waals surface area contributed by atoms with Crippen molar-refractivity contribution in [3.05, 3.63) is 11.6 Å². The molecule has 5 nitrogen and oxygen atoms in total. The molecule has 0 aromatic rings. The van der Waals surface area contributed by atoms with Crippen molar-refractivity contribution in [2.24, 2.45) is 5.92 Å². The highest BCUT2D eigenvalue weighted by molar-refractivity contribution is 5.65. The number of hydrogen-bond donors (Lipinski definition) is 0. The Morgan fingerprint density at radius 2 is 2.28 bits per heavy atom. The minimum Gasteiger partial charge on any atom is -0.463 e. The number of methoxy groups -OCH3 is 1. The van der Waals surface area contributed by atoms with Gasteiger partial charge in [-0.15, -0.1) is 0 Å². The molecule has 1 saturated heterocycles. The summed E-state index contributed by atoms with van der Waals surface area (Å²) in [6, 6.07) is 0. The van der Waals surface area contributed by atoms with Gasteiger partial charge < -0.3 is 18.9 Å². The van der Waals surface area contributed by atoms with E-state index in [1.54, 1.807) is 7.11 Å². The van der Waals surface area contributed by atoms with Gasteiger partial charge in [0.25, 0.3) is 0 Å². The Kier molecular flexibility index (Phi) is 3.13. The summed E-state index contributed by atoms with van der Waals surface area (Å²) < 4.78 is 21.8. The van der Waals surface area contributed by atoms with Crippen molar-refractivity contribution in [1.29, 1.82) is 0 Å². The molecule has 5 heteroatoms. The van der Waals surface area contributed by atoms with Crippen molar-refractivity contribution in [2.45, 2.75) is 44.4 Å². The van der Waals surface area contributed by atoms with Crippen LogP contribution in [0.25, 0.3) is 0 Å². The largest absolute Gasteiger partial charge is 0.463 e. The molecule has 1 aliphatic carbocycles. The summed E-state index contributed by atoms with van der Waals surface area (Å²) >= 11 is 0. The molecule has 3 rings (SSSR count). The Balaban J connectivity index is 1.74. The first-order valence-corrected chi connectivity index (χ1v) is 6.37. The summed E-state index contributed by atoms with van der Waals surface area (Å²) in [6.07, 6.45) is 4.24. The van der Waals surface area contributed by atoms with Gasteiger partial charge in [-0.3, -0.25) is 4.79 Å². The van der Waals surface area contributed by atoms with Gasteiger partial charge in [0.15, 0.2) is 6.29 Å². The third kappa shape index (κ3) is 2.18. The van der Waals surface area contributed by atoms with E-state index in [4.69, 9.17) is 18.9 Å². The fraction of sp³-hybridized carbons (Fsp3) is 0.769. The number of epoxide rings is 1. The van der Waals surface area contributed by atoms with Crippen LogP contribution in [-0.2, 0) is 23.7 Å². The second-order valence-corrected chi connectivity index (χ2v) is 5.03. The molecule has 0 bridgehead atoms. The second-order valence-electron chi connectivity index (χ2n) is 5.03. The fourth-order valence-corrected chi connectivity index (χ4v) is 2.94. The molecule has 2 aliphatic heterocycles. The van der Waals surface area contributed by atoms with Crippen molar-refractivity contribution in [3.8, 4) is 0 Å². The lowest BCUT2D eigenvalue weighted by Crippen LogP contribution is -2.41. The van der Waals surface area contributed by atoms with Gasteiger partial charge in [0.1, 0.15) is 18.8 Å². The molecule has 0 unspecified atom stereocenters. The molecule has 2 fully saturated rings. The fourth-order valence-electron chi connectivity index (χ4n) is 2.94. The molecule has 18 heavy (non-hydrogen) atoms. The quantitative estimate of drug-likeness (QED) is 0.427. The van der Waals surface area contributed by atoms with Gasteiger partial charge in [0.2, 0.25) is 0 Å². The van der Waals surface area contributed by atoms with Crippen LogP contribution in [0, 0.1) is 5.92 Å². The van der Waals surface area contributed by atoms with Gasteiger partial charge in [0, 0.05) is 20.0 Å². The monoisotopic (exact) mass is 254 g/mol. The molecule has 0 aromatic heterocycles. The molecule has 0 aromatic carbocycles. The lowest BCUT2D eigenvalue weighted by atomic mass is 9.79. The topological polar surface area (TPSA) is 57.3 Å². The molecule has 0 spiro atoms. The maximum Gasteiger partial charge on any atom is 0.302 e. The highest BCUT2D eigenvalue weighted by atomic mass is 16.7. The minimum absolute atomic E-state index is 0.121. The van der Waals surface area contributed by atoms with Gasteiger partial charge in [-0.05, 0) is 24.5 Å². The van der Waals surface area contributed by atoms with Crippen molar-refractivity contribution >= 4 is 5.97 Å². The van der Waals surface area contributed by atoms with E-state index in [0.717, 1.165) is 12.8 Å². The molecule has 5 atom stereocenters. The van der Waals surface area contributed by atoms with E-state index in [0.29, 0.717) is 12.0 Å². The number of hydrogen-bond acceptors (Lipinski definition) is 5. The number of esters is 1. The normalized spacial score (nSPS) is 41.4. The van der Waals surface area contributed by atoms with Crippen LogP contribution in [0.5, 0.6) is 0 Å². The van der Waals surface area contributed by atoms with Crippen LogP contribution in [0.2, 0.25) is 0 Å². The predicted molar refractivity (Wildman–Crippen MR) is 61.8 cm³/mol. The van der Waals surface area contributed by atoms with E-state index in [2.05, 4.69) is 0 Å². The molecule has 0 amide bonds. The zero-order chi connectivity index (χ0) is 12.7. The first-order chi connectivity index (χ1) is 8.69. The average Bonchev–Trinajstić information content (AvgIpc) is 3.14. The van der Waals surface area contributed by atoms with Gasteiger partial charge in [-0.2, -0.15) is 0 Å². The Bertz CT molecular complexity index is 378. The van der Waals surface area contributed by atoms with E-state index in [1.807, 2.05) is 6.08 Å². The van der Waals surface area contributed by atoms with Crippen molar-refractivity contribution in [3.63, 3.8) is 0 Å². The van der Waals surface area contributed by atoms with Crippen LogP contribution in [-0.4, -0.2) is 44.3 Å². The molecule has 1 saturated carbocycles. The zero-order valence-electron chi connectivity index (χ0n) is 10.6. The Morgan fingerprint density at radius 3 is 3.00 bits per heavy atom. The SMILES string of the molecule is CO[C@@H]1C=C2[C@H]3O[C@H]3CC[C@@H]2[C@@H](COC(C)=O)O1. The van der Waals surface area contributed by atoms with E-state index >= 15 is 0 Å². The third-order valence-electron chi connectivity index (χ3n) is 3.87. The highest BCUT2D eigenvalue weighted by Crippen LogP contribution is 2.47.